The fourth-order valence-corrected chi connectivity index (χ4v) is 1.39. The van der Waals surface area contributed by atoms with Gasteiger partial charge in [-0.15, -0.1) is 0 Å². The van der Waals surface area contributed by atoms with Crippen molar-refractivity contribution in [1.82, 2.24) is 0 Å². The minimum absolute atomic E-state index is 0.214. The van der Waals surface area contributed by atoms with Crippen LogP contribution in [0.5, 0.6) is 0 Å². The zero-order valence-electron chi connectivity index (χ0n) is 8.47. The third-order valence-electron chi connectivity index (χ3n) is 1.61. The molecule has 0 saturated carbocycles. The molecule has 1 aromatic rings. The molecule has 0 bridgehead atoms. The third kappa shape index (κ3) is 3.83. The first-order chi connectivity index (χ1) is 6.99. The molecule has 1 rings (SSSR count). The smallest absolute Gasteiger partial charge is 0.248 e. The minimum Gasteiger partial charge on any atom is -0.322 e. The molecule has 4 heteroatoms. The van der Waals surface area contributed by atoms with E-state index in [1.165, 1.54) is 24.3 Å². The zero-order chi connectivity index (χ0) is 11.4. The fourth-order valence-electron chi connectivity index (χ4n) is 1.01. The Hall–Kier alpha value is -1.16. The monoisotopic (exact) mass is 271 g/mol. The van der Waals surface area contributed by atoms with Gasteiger partial charge in [0, 0.05) is 11.8 Å². The molecule has 0 aliphatic rings. The second kappa shape index (κ2) is 5.07. The summed E-state index contributed by atoms with van der Waals surface area (Å²) in [5, 5.41) is 2.63. The number of anilines is 1. The first kappa shape index (κ1) is 11.9. The van der Waals surface area contributed by atoms with Crippen molar-refractivity contribution in [2.24, 2.45) is 0 Å². The summed E-state index contributed by atoms with van der Waals surface area (Å²) < 4.78 is 13.2. The molecule has 0 unspecified atom stereocenters. The number of hydrogen-bond donors (Lipinski definition) is 1. The van der Waals surface area contributed by atoms with E-state index in [2.05, 4.69) is 21.2 Å². The molecule has 1 N–H and O–H groups in total. The first-order valence-electron chi connectivity index (χ1n) is 4.40. The highest BCUT2D eigenvalue weighted by atomic mass is 79.9. The highest BCUT2D eigenvalue weighted by Gasteiger charge is 2.02. The number of rotatable bonds is 2. The quantitative estimate of drug-likeness (QED) is 0.820. The van der Waals surface area contributed by atoms with E-state index >= 15 is 0 Å². The van der Waals surface area contributed by atoms with Crippen LogP contribution in [0.15, 0.2) is 34.3 Å². The third-order valence-corrected chi connectivity index (χ3v) is 2.21. The van der Waals surface area contributed by atoms with E-state index in [-0.39, 0.29) is 11.7 Å². The molecule has 0 aliphatic heterocycles. The van der Waals surface area contributed by atoms with Crippen molar-refractivity contribution in [3.05, 3.63) is 40.1 Å². The second-order valence-electron chi connectivity index (χ2n) is 3.34. The summed E-state index contributed by atoms with van der Waals surface area (Å²) in [7, 11) is 0. The lowest BCUT2D eigenvalue weighted by Crippen LogP contribution is -2.08. The molecule has 0 aromatic heterocycles. The molecule has 0 spiro atoms. The van der Waals surface area contributed by atoms with Crippen LogP contribution in [0, 0.1) is 5.82 Å². The van der Waals surface area contributed by atoms with E-state index in [4.69, 9.17) is 0 Å². The van der Waals surface area contributed by atoms with Crippen LogP contribution in [0.1, 0.15) is 13.8 Å². The highest BCUT2D eigenvalue weighted by Crippen LogP contribution is 2.19. The number of benzene rings is 1. The Labute approximate surface area is 96.3 Å². The number of halogens is 2. The van der Waals surface area contributed by atoms with E-state index < -0.39 is 0 Å². The molecule has 0 aliphatic carbocycles. The molecule has 0 atom stereocenters. The van der Waals surface area contributed by atoms with Crippen LogP contribution in [0.25, 0.3) is 0 Å². The van der Waals surface area contributed by atoms with Gasteiger partial charge in [0.25, 0.3) is 0 Å². The number of hydrogen-bond acceptors (Lipinski definition) is 1. The Morgan fingerprint density at radius 2 is 2.13 bits per heavy atom. The van der Waals surface area contributed by atoms with Crippen LogP contribution in [0.4, 0.5) is 10.1 Å². The summed E-state index contributed by atoms with van der Waals surface area (Å²) in [4.78, 5) is 11.3. The molecule has 0 saturated heterocycles. The van der Waals surface area contributed by atoms with E-state index in [0.717, 1.165) is 5.57 Å². The minimum atomic E-state index is -0.352. The lowest BCUT2D eigenvalue weighted by Gasteiger charge is -2.03. The van der Waals surface area contributed by atoms with Gasteiger partial charge in [-0.2, -0.15) is 0 Å². The largest absolute Gasteiger partial charge is 0.322 e. The number of amides is 1. The Balaban J connectivity index is 2.78. The molecule has 2 nitrogen and oxygen atoms in total. The summed E-state index contributed by atoms with van der Waals surface area (Å²) >= 11 is 3.05. The van der Waals surface area contributed by atoms with E-state index in [9.17, 15) is 9.18 Å². The molecule has 0 radical (unpaired) electrons. The number of nitrogens with one attached hydrogen (secondary N) is 1. The summed E-state index contributed by atoms with van der Waals surface area (Å²) in [6, 6.07) is 4.32. The van der Waals surface area contributed by atoms with Gasteiger partial charge in [0.05, 0.1) is 4.47 Å². The van der Waals surface area contributed by atoms with Gasteiger partial charge in [0.15, 0.2) is 0 Å². The van der Waals surface area contributed by atoms with Crippen LogP contribution in [-0.2, 0) is 4.79 Å². The Bertz CT molecular complexity index is 411. The van der Waals surface area contributed by atoms with Gasteiger partial charge in [-0.3, -0.25) is 4.79 Å². The summed E-state index contributed by atoms with van der Waals surface area (Å²) in [5.74, 6) is -0.566. The zero-order valence-corrected chi connectivity index (χ0v) is 10.1. The van der Waals surface area contributed by atoms with Crippen molar-refractivity contribution in [3.8, 4) is 0 Å². The van der Waals surface area contributed by atoms with E-state index in [1.807, 2.05) is 13.8 Å². The van der Waals surface area contributed by atoms with Crippen molar-refractivity contribution in [2.45, 2.75) is 13.8 Å². The van der Waals surface area contributed by atoms with Crippen molar-refractivity contribution in [2.75, 3.05) is 5.32 Å². The van der Waals surface area contributed by atoms with Crippen molar-refractivity contribution < 1.29 is 9.18 Å². The maximum Gasteiger partial charge on any atom is 0.248 e. The van der Waals surface area contributed by atoms with Crippen molar-refractivity contribution in [3.63, 3.8) is 0 Å². The van der Waals surface area contributed by atoms with Gasteiger partial charge in [0.2, 0.25) is 5.91 Å². The van der Waals surface area contributed by atoms with Crippen LogP contribution in [-0.4, -0.2) is 5.91 Å². The van der Waals surface area contributed by atoms with Crippen LogP contribution >= 0.6 is 15.9 Å². The average Bonchev–Trinajstić information content (AvgIpc) is 2.10. The van der Waals surface area contributed by atoms with E-state index in [1.54, 1.807) is 0 Å². The fraction of sp³-hybridized carbons (Fsp3) is 0.182. The molecular formula is C11H11BrFNO. The standard InChI is InChI=1S/C11H11BrFNO/c1-7(2)5-11(15)14-8-3-4-10(13)9(12)6-8/h3-6H,1-2H3,(H,14,15). The lowest BCUT2D eigenvalue weighted by molar-refractivity contribution is -0.111. The summed E-state index contributed by atoms with van der Waals surface area (Å²) in [5.41, 5.74) is 1.47. The normalized spacial score (nSPS) is 9.60. The predicted octanol–water partition coefficient (Wildman–Crippen LogP) is 3.49. The van der Waals surface area contributed by atoms with Gasteiger partial charge in [-0.1, -0.05) is 5.57 Å². The van der Waals surface area contributed by atoms with Crippen molar-refractivity contribution in [1.29, 1.82) is 0 Å². The van der Waals surface area contributed by atoms with Crippen LogP contribution in [0.2, 0.25) is 0 Å². The predicted molar refractivity (Wildman–Crippen MR) is 62.2 cm³/mol. The second-order valence-corrected chi connectivity index (χ2v) is 4.19. The first-order valence-corrected chi connectivity index (χ1v) is 5.19. The van der Waals surface area contributed by atoms with E-state index in [0.29, 0.717) is 10.2 Å². The molecule has 1 amide bonds. The molecule has 15 heavy (non-hydrogen) atoms. The molecule has 0 heterocycles. The van der Waals surface area contributed by atoms with Crippen LogP contribution in [0.3, 0.4) is 0 Å². The Morgan fingerprint density at radius 1 is 1.47 bits per heavy atom. The SMILES string of the molecule is CC(C)=CC(=O)Nc1ccc(F)c(Br)c1. The molecule has 1 aromatic carbocycles. The van der Waals surface area contributed by atoms with Gasteiger partial charge >= 0.3 is 0 Å². The van der Waals surface area contributed by atoms with Gasteiger partial charge in [-0.25, -0.2) is 4.39 Å². The highest BCUT2D eigenvalue weighted by molar-refractivity contribution is 9.10. The Morgan fingerprint density at radius 3 is 2.67 bits per heavy atom. The number of allylic oxidation sites excluding steroid dienone is 1. The van der Waals surface area contributed by atoms with Gasteiger partial charge < -0.3 is 5.32 Å². The lowest BCUT2D eigenvalue weighted by atomic mass is 10.3. The Kier molecular flexibility index (Phi) is 4.03. The van der Waals surface area contributed by atoms with Crippen LogP contribution < -0.4 is 5.32 Å². The molecular weight excluding hydrogens is 261 g/mol. The summed E-state index contributed by atoms with van der Waals surface area (Å²) in [6.07, 6.45) is 1.48. The van der Waals surface area contributed by atoms with Crippen molar-refractivity contribution >= 4 is 27.5 Å². The van der Waals surface area contributed by atoms with Gasteiger partial charge in [0.1, 0.15) is 5.82 Å². The van der Waals surface area contributed by atoms with Gasteiger partial charge in [-0.05, 0) is 48.0 Å². The maximum atomic E-state index is 12.9. The molecule has 0 fully saturated rings. The number of carbonyl (C=O) groups is 1. The average molecular weight is 272 g/mol. The number of carbonyl (C=O) groups excluding carboxylic acids is 1. The molecule has 80 valence electrons. The topological polar surface area (TPSA) is 29.1 Å². The summed E-state index contributed by atoms with van der Waals surface area (Å²) in [6.45, 7) is 3.67. The maximum absolute atomic E-state index is 12.9.